The number of nitrogens with zero attached hydrogens (tertiary/aromatic N) is 5. The molecular weight excluding hydrogens is 670 g/mol. The first-order chi connectivity index (χ1) is 23.9. The smallest absolute Gasteiger partial charge is 0.426 e. The Morgan fingerprint density at radius 1 is 0.863 bits per heavy atom. The highest BCUT2D eigenvalue weighted by atomic mass is 19.1. The van der Waals surface area contributed by atoms with Crippen molar-refractivity contribution < 1.29 is 37.5 Å². The molecule has 3 aromatic heterocycles. The van der Waals surface area contributed by atoms with Crippen molar-refractivity contribution in [2.45, 2.75) is 52.7 Å². The molecule has 3 heterocycles. The van der Waals surface area contributed by atoms with Gasteiger partial charge in [0.25, 0.3) is 5.56 Å². The molecule has 51 heavy (non-hydrogen) atoms. The van der Waals surface area contributed by atoms with Gasteiger partial charge in [0.15, 0.2) is 11.6 Å². The van der Waals surface area contributed by atoms with Gasteiger partial charge in [0, 0.05) is 42.1 Å². The second kappa shape index (κ2) is 13.8. The number of nitro groups is 1. The van der Waals surface area contributed by atoms with Gasteiger partial charge in [-0.05, 0) is 95.5 Å². The third-order valence-electron chi connectivity index (χ3n) is 6.75. The first-order valence-electron chi connectivity index (χ1n) is 15.3. The lowest BCUT2D eigenvalue weighted by molar-refractivity contribution is -0.385. The lowest BCUT2D eigenvalue weighted by Gasteiger charge is -2.27. The number of nitrogens with one attached hydrogen (secondary N) is 1. The van der Waals surface area contributed by atoms with E-state index in [1.165, 1.54) is 94.9 Å². The molecule has 0 bridgehead atoms. The Balaban J connectivity index is 1.49. The van der Waals surface area contributed by atoms with Gasteiger partial charge in [-0.3, -0.25) is 19.5 Å². The van der Waals surface area contributed by atoms with E-state index in [0.29, 0.717) is 11.1 Å². The van der Waals surface area contributed by atoms with Gasteiger partial charge in [0.05, 0.1) is 10.3 Å². The van der Waals surface area contributed by atoms with E-state index in [9.17, 15) is 28.9 Å². The molecule has 0 saturated heterocycles. The molecule has 5 aromatic rings. The third kappa shape index (κ3) is 8.24. The van der Waals surface area contributed by atoms with Crippen LogP contribution in [0.3, 0.4) is 0 Å². The van der Waals surface area contributed by atoms with Crippen LogP contribution in [0.5, 0.6) is 11.5 Å². The summed E-state index contributed by atoms with van der Waals surface area (Å²) in [4.78, 5) is 59.7. The van der Waals surface area contributed by atoms with Crippen molar-refractivity contribution >= 4 is 46.0 Å². The standard InChI is InChI=1S/C35H32F2N6O8/c1-34(2,3)50-32(45)42(33(46)51-35(4,5)6)30-28(43(47)48)26(14-17-39-30)49-25-12-9-22(19-24(25)37)40-29-27-20(13-16-38-29)15-18-41(31(27)44)23-10-7-21(36)8-11-23/h7-19H,1-6H3,(H,38,40). The van der Waals surface area contributed by atoms with Gasteiger partial charge in [0.2, 0.25) is 11.6 Å². The number of aromatic nitrogens is 3. The number of hydrogen-bond donors (Lipinski definition) is 1. The maximum absolute atomic E-state index is 15.5. The highest BCUT2D eigenvalue weighted by Crippen LogP contribution is 2.40. The quantitative estimate of drug-likeness (QED) is 0.128. The van der Waals surface area contributed by atoms with E-state index < -0.39 is 68.5 Å². The van der Waals surface area contributed by atoms with Crippen LogP contribution in [0.25, 0.3) is 16.5 Å². The molecule has 0 spiro atoms. The molecule has 0 aliphatic rings. The predicted molar refractivity (Wildman–Crippen MR) is 183 cm³/mol. The van der Waals surface area contributed by atoms with Gasteiger partial charge in [-0.2, -0.15) is 4.90 Å². The zero-order valence-electron chi connectivity index (χ0n) is 28.3. The van der Waals surface area contributed by atoms with Crippen molar-refractivity contribution in [1.82, 2.24) is 14.5 Å². The molecule has 16 heteroatoms. The number of halogens is 2. The second-order valence-corrected chi connectivity index (χ2v) is 13.0. The van der Waals surface area contributed by atoms with Gasteiger partial charge in [-0.15, -0.1) is 0 Å². The van der Waals surface area contributed by atoms with E-state index in [1.807, 2.05) is 0 Å². The second-order valence-electron chi connectivity index (χ2n) is 13.0. The van der Waals surface area contributed by atoms with Crippen molar-refractivity contribution in [3.05, 3.63) is 111 Å². The monoisotopic (exact) mass is 702 g/mol. The molecule has 264 valence electrons. The summed E-state index contributed by atoms with van der Waals surface area (Å²) in [5, 5.41) is 16.0. The molecule has 2 aromatic carbocycles. The summed E-state index contributed by atoms with van der Waals surface area (Å²) in [6, 6.07) is 13.3. The molecule has 5 rings (SSSR count). The van der Waals surface area contributed by atoms with Gasteiger partial charge in [-0.25, -0.2) is 28.3 Å². The van der Waals surface area contributed by atoms with Gasteiger partial charge < -0.3 is 19.5 Å². The molecule has 0 saturated carbocycles. The average Bonchev–Trinajstić information content (AvgIpc) is 3.01. The van der Waals surface area contributed by atoms with E-state index in [-0.39, 0.29) is 21.8 Å². The number of fused-ring (bicyclic) bond motifs is 1. The Morgan fingerprint density at radius 3 is 2.08 bits per heavy atom. The Morgan fingerprint density at radius 2 is 1.49 bits per heavy atom. The van der Waals surface area contributed by atoms with Crippen LogP contribution in [-0.2, 0) is 9.47 Å². The van der Waals surface area contributed by atoms with Gasteiger partial charge in [0.1, 0.15) is 22.8 Å². The van der Waals surface area contributed by atoms with E-state index in [2.05, 4.69) is 15.3 Å². The topological polar surface area (TPSA) is 168 Å². The van der Waals surface area contributed by atoms with Crippen LogP contribution >= 0.6 is 0 Å². The Bertz CT molecular complexity index is 2180. The Labute approximate surface area is 289 Å². The van der Waals surface area contributed by atoms with E-state index >= 15 is 4.39 Å². The van der Waals surface area contributed by atoms with Crippen LogP contribution in [-0.4, -0.2) is 42.8 Å². The number of carbonyl (C=O) groups is 2. The van der Waals surface area contributed by atoms with Crippen LogP contribution in [0, 0.1) is 21.7 Å². The lowest BCUT2D eigenvalue weighted by Crippen LogP contribution is -2.44. The van der Waals surface area contributed by atoms with Crippen molar-refractivity contribution in [3.63, 3.8) is 0 Å². The predicted octanol–water partition coefficient (Wildman–Crippen LogP) is 8.18. The number of carbonyl (C=O) groups excluding carboxylic acids is 2. The van der Waals surface area contributed by atoms with Crippen LogP contribution in [0.2, 0.25) is 0 Å². The molecule has 0 aliphatic carbocycles. The number of ether oxygens (including phenoxy) is 3. The summed E-state index contributed by atoms with van der Waals surface area (Å²) in [5.74, 6) is -3.15. The first kappa shape index (κ1) is 35.8. The molecule has 0 unspecified atom stereocenters. The van der Waals surface area contributed by atoms with Crippen molar-refractivity contribution in [3.8, 4) is 17.2 Å². The minimum atomic E-state index is -1.31. The van der Waals surface area contributed by atoms with Crippen LogP contribution in [0.4, 0.5) is 41.4 Å². The van der Waals surface area contributed by atoms with E-state index in [4.69, 9.17) is 14.2 Å². The molecule has 0 fully saturated rings. The maximum atomic E-state index is 15.5. The molecule has 2 amide bonds. The summed E-state index contributed by atoms with van der Waals surface area (Å²) in [6.07, 6.45) is 1.41. The van der Waals surface area contributed by atoms with Gasteiger partial charge in [-0.1, -0.05) is 0 Å². The lowest BCUT2D eigenvalue weighted by atomic mass is 10.2. The average molecular weight is 703 g/mol. The fraction of sp³-hybridized carbons (Fsp3) is 0.229. The number of anilines is 3. The fourth-order valence-corrected chi connectivity index (χ4v) is 4.71. The van der Waals surface area contributed by atoms with Crippen LogP contribution < -0.4 is 20.5 Å². The number of rotatable bonds is 7. The number of imide groups is 1. The fourth-order valence-electron chi connectivity index (χ4n) is 4.71. The van der Waals surface area contributed by atoms with Crippen molar-refractivity contribution in [2.24, 2.45) is 0 Å². The highest BCUT2D eigenvalue weighted by Gasteiger charge is 2.40. The Hall–Kier alpha value is -6.45. The number of benzene rings is 2. The van der Waals surface area contributed by atoms with Crippen LogP contribution in [0.15, 0.2) is 84.0 Å². The number of pyridine rings is 3. The minimum absolute atomic E-state index is 0.0980. The van der Waals surface area contributed by atoms with Gasteiger partial charge >= 0.3 is 17.9 Å². The van der Waals surface area contributed by atoms with E-state index in [1.54, 1.807) is 12.1 Å². The molecule has 1 N–H and O–H groups in total. The molecule has 0 atom stereocenters. The summed E-state index contributed by atoms with van der Waals surface area (Å²) < 4.78 is 46.6. The summed E-state index contributed by atoms with van der Waals surface area (Å²) >= 11 is 0. The van der Waals surface area contributed by atoms with E-state index in [0.717, 1.165) is 18.3 Å². The summed E-state index contributed by atoms with van der Waals surface area (Å²) in [5.41, 5.74) is -3.09. The number of hydrogen-bond acceptors (Lipinski definition) is 11. The normalized spacial score (nSPS) is 11.5. The summed E-state index contributed by atoms with van der Waals surface area (Å²) in [7, 11) is 0. The molecular formula is C35H32F2N6O8. The number of amides is 2. The maximum Gasteiger partial charge on any atom is 0.426 e. The SMILES string of the molecule is CC(C)(C)OC(=O)N(C(=O)OC(C)(C)C)c1nccc(Oc2ccc(Nc3nccc4ccn(-c5ccc(F)cc5)c(=O)c34)cc2F)c1[N+](=O)[O-]. The third-order valence-corrected chi connectivity index (χ3v) is 6.75. The van der Waals surface area contributed by atoms with Crippen molar-refractivity contribution in [1.29, 1.82) is 0 Å². The summed E-state index contributed by atoms with van der Waals surface area (Å²) in [6.45, 7) is 9.17. The highest BCUT2D eigenvalue weighted by molar-refractivity contribution is 6.10. The molecule has 0 aliphatic heterocycles. The minimum Gasteiger partial charge on any atom is -0.447 e. The zero-order chi connectivity index (χ0) is 37.2. The zero-order valence-corrected chi connectivity index (χ0v) is 28.3. The first-order valence-corrected chi connectivity index (χ1v) is 15.3. The molecule has 14 nitrogen and oxygen atoms in total. The van der Waals surface area contributed by atoms with Crippen molar-refractivity contribution in [2.75, 3.05) is 10.2 Å². The largest absolute Gasteiger partial charge is 0.447 e. The Kier molecular flexibility index (Phi) is 9.71. The van der Waals surface area contributed by atoms with Crippen LogP contribution in [0.1, 0.15) is 41.5 Å². The molecule has 0 radical (unpaired) electrons.